The first-order valence-corrected chi connectivity index (χ1v) is 13.5. The van der Waals surface area contributed by atoms with E-state index in [2.05, 4.69) is 5.32 Å². The van der Waals surface area contributed by atoms with Gasteiger partial charge in [0.15, 0.2) is 0 Å². The molecular formula is C26H37N3O4S. The molecule has 0 saturated carbocycles. The fourth-order valence-corrected chi connectivity index (χ4v) is 4.50. The van der Waals surface area contributed by atoms with Gasteiger partial charge in [-0.3, -0.25) is 13.9 Å². The maximum Gasteiger partial charge on any atom is 0.242 e. The lowest BCUT2D eigenvalue weighted by Gasteiger charge is -2.29. The van der Waals surface area contributed by atoms with E-state index in [0.29, 0.717) is 31.1 Å². The van der Waals surface area contributed by atoms with Crippen molar-refractivity contribution >= 4 is 27.5 Å². The summed E-state index contributed by atoms with van der Waals surface area (Å²) in [5.41, 5.74) is 2.54. The van der Waals surface area contributed by atoms with E-state index < -0.39 is 16.1 Å². The average molecular weight is 488 g/mol. The fraction of sp³-hybridized carbons (Fsp3) is 0.462. The van der Waals surface area contributed by atoms with Gasteiger partial charge in [0, 0.05) is 26.1 Å². The van der Waals surface area contributed by atoms with Crippen LogP contribution in [0.2, 0.25) is 0 Å². The molecule has 0 bridgehead atoms. The molecule has 0 aromatic heterocycles. The molecule has 0 spiro atoms. The molecule has 0 radical (unpaired) electrons. The Morgan fingerprint density at radius 2 is 1.59 bits per heavy atom. The first kappa shape index (κ1) is 27.4. The highest BCUT2D eigenvalue weighted by Gasteiger charge is 2.26. The minimum atomic E-state index is -3.50. The van der Waals surface area contributed by atoms with Gasteiger partial charge in [-0.1, -0.05) is 61.9 Å². The Kier molecular flexibility index (Phi) is 10.1. The number of hydrogen-bond acceptors (Lipinski definition) is 4. The smallest absolute Gasteiger partial charge is 0.242 e. The largest absolute Gasteiger partial charge is 0.354 e. The lowest BCUT2D eigenvalue weighted by Crippen LogP contribution is -2.48. The summed E-state index contributed by atoms with van der Waals surface area (Å²) in [7, 11) is -3.50. The van der Waals surface area contributed by atoms with Gasteiger partial charge in [-0.15, -0.1) is 0 Å². The molecule has 186 valence electrons. The first-order valence-electron chi connectivity index (χ1n) is 11.6. The topological polar surface area (TPSA) is 86.8 Å². The third-order valence-electron chi connectivity index (χ3n) is 5.52. The summed E-state index contributed by atoms with van der Waals surface area (Å²) in [4.78, 5) is 27.5. The lowest BCUT2D eigenvalue weighted by atomic mass is 10.1. The number of benzene rings is 2. The lowest BCUT2D eigenvalue weighted by molar-refractivity contribution is -0.140. The molecule has 0 unspecified atom stereocenters. The van der Waals surface area contributed by atoms with Crippen molar-refractivity contribution < 1.29 is 18.0 Å². The van der Waals surface area contributed by atoms with Crippen molar-refractivity contribution in [2.45, 2.75) is 53.1 Å². The number of carbonyl (C=O) groups is 2. The van der Waals surface area contributed by atoms with E-state index in [0.717, 1.165) is 17.4 Å². The van der Waals surface area contributed by atoms with Crippen molar-refractivity contribution in [1.82, 2.24) is 10.2 Å². The van der Waals surface area contributed by atoms with Gasteiger partial charge < -0.3 is 10.2 Å². The Bertz CT molecular complexity index is 1040. The number of aryl methyl sites for hydroxylation is 1. The predicted molar refractivity (Wildman–Crippen MR) is 137 cm³/mol. The number of carbonyl (C=O) groups excluding carboxylic acids is 2. The highest BCUT2D eigenvalue weighted by molar-refractivity contribution is 7.92. The van der Waals surface area contributed by atoms with Gasteiger partial charge in [-0.2, -0.15) is 0 Å². The summed E-state index contributed by atoms with van der Waals surface area (Å²) in [5.74, 6) is -0.0815. The van der Waals surface area contributed by atoms with E-state index in [-0.39, 0.29) is 24.8 Å². The van der Waals surface area contributed by atoms with E-state index in [4.69, 9.17) is 0 Å². The van der Waals surface area contributed by atoms with Gasteiger partial charge in [0.25, 0.3) is 0 Å². The summed E-state index contributed by atoms with van der Waals surface area (Å²) in [6, 6.07) is 16.1. The molecule has 0 aliphatic heterocycles. The molecule has 2 amide bonds. The monoisotopic (exact) mass is 487 g/mol. The zero-order valence-corrected chi connectivity index (χ0v) is 21.6. The summed E-state index contributed by atoms with van der Waals surface area (Å²) < 4.78 is 26.1. The van der Waals surface area contributed by atoms with Crippen LogP contribution in [-0.4, -0.2) is 50.5 Å². The first-order chi connectivity index (χ1) is 16.0. The number of rotatable bonds is 12. The van der Waals surface area contributed by atoms with Crippen LogP contribution in [0.5, 0.6) is 0 Å². The normalized spacial score (nSPS) is 12.3. The third kappa shape index (κ3) is 8.48. The van der Waals surface area contributed by atoms with Crippen LogP contribution in [0.25, 0.3) is 0 Å². The molecule has 8 heteroatoms. The zero-order chi connectivity index (χ0) is 25.3. The van der Waals surface area contributed by atoms with Gasteiger partial charge in [0.1, 0.15) is 6.04 Å². The van der Waals surface area contributed by atoms with Crippen LogP contribution in [-0.2, 0) is 26.2 Å². The van der Waals surface area contributed by atoms with Crippen LogP contribution >= 0.6 is 0 Å². The molecular weight excluding hydrogens is 450 g/mol. The quantitative estimate of drug-likeness (QED) is 0.494. The standard InChI is InChI=1S/C26H37N3O4S/c1-20(2)18-27-26(31)22(4)28(19-23-10-7-6-8-11-23)25(30)12-9-17-29(34(5,32)33)24-15-13-21(3)14-16-24/h6-8,10-11,13-16,20,22H,9,12,17-19H2,1-5H3,(H,27,31)/t22-/m1/s1. The minimum absolute atomic E-state index is 0.131. The van der Waals surface area contributed by atoms with E-state index in [1.54, 1.807) is 24.0 Å². The Hall–Kier alpha value is -2.87. The van der Waals surface area contributed by atoms with Crippen molar-refractivity contribution in [2.75, 3.05) is 23.7 Å². The molecule has 2 aromatic carbocycles. The second-order valence-corrected chi connectivity index (χ2v) is 11.0. The van der Waals surface area contributed by atoms with Crippen LogP contribution in [0.1, 0.15) is 44.7 Å². The Balaban J connectivity index is 2.12. The van der Waals surface area contributed by atoms with Crippen molar-refractivity contribution in [1.29, 1.82) is 0 Å². The Morgan fingerprint density at radius 3 is 2.15 bits per heavy atom. The molecule has 2 rings (SSSR count). The summed E-state index contributed by atoms with van der Waals surface area (Å²) in [5, 5.41) is 2.90. The zero-order valence-electron chi connectivity index (χ0n) is 20.8. The number of sulfonamides is 1. The molecule has 1 atom stereocenters. The van der Waals surface area contributed by atoms with Crippen molar-refractivity contribution in [3.63, 3.8) is 0 Å². The van der Waals surface area contributed by atoms with Crippen LogP contribution < -0.4 is 9.62 Å². The summed E-state index contributed by atoms with van der Waals surface area (Å²) in [6.07, 6.45) is 1.63. The van der Waals surface area contributed by atoms with Gasteiger partial charge in [-0.25, -0.2) is 8.42 Å². The van der Waals surface area contributed by atoms with Crippen molar-refractivity contribution in [2.24, 2.45) is 5.92 Å². The molecule has 0 aliphatic rings. The van der Waals surface area contributed by atoms with E-state index in [9.17, 15) is 18.0 Å². The molecule has 34 heavy (non-hydrogen) atoms. The van der Waals surface area contributed by atoms with Gasteiger partial charge in [-0.05, 0) is 43.9 Å². The molecule has 7 nitrogen and oxygen atoms in total. The van der Waals surface area contributed by atoms with E-state index in [1.165, 1.54) is 4.31 Å². The van der Waals surface area contributed by atoms with Gasteiger partial charge in [0.05, 0.1) is 11.9 Å². The van der Waals surface area contributed by atoms with Crippen LogP contribution in [0.3, 0.4) is 0 Å². The summed E-state index contributed by atoms with van der Waals surface area (Å²) >= 11 is 0. The number of anilines is 1. The number of nitrogens with one attached hydrogen (secondary N) is 1. The van der Waals surface area contributed by atoms with Crippen LogP contribution in [0.4, 0.5) is 5.69 Å². The molecule has 0 fully saturated rings. The van der Waals surface area contributed by atoms with Gasteiger partial charge >= 0.3 is 0 Å². The van der Waals surface area contributed by atoms with Crippen molar-refractivity contribution in [3.8, 4) is 0 Å². The van der Waals surface area contributed by atoms with Crippen molar-refractivity contribution in [3.05, 3.63) is 65.7 Å². The second-order valence-electron chi connectivity index (χ2n) is 9.10. The average Bonchev–Trinajstić information content (AvgIpc) is 2.78. The SMILES string of the molecule is Cc1ccc(N(CCCC(=O)N(Cc2ccccc2)[C@H](C)C(=O)NCC(C)C)S(C)(=O)=O)cc1. The third-order valence-corrected chi connectivity index (χ3v) is 6.72. The van der Waals surface area contributed by atoms with E-state index >= 15 is 0 Å². The number of amides is 2. The molecule has 0 heterocycles. The van der Waals surface area contributed by atoms with Gasteiger partial charge in [0.2, 0.25) is 21.8 Å². The molecule has 0 aliphatic carbocycles. The highest BCUT2D eigenvalue weighted by Crippen LogP contribution is 2.19. The molecule has 1 N–H and O–H groups in total. The Morgan fingerprint density at radius 1 is 0.971 bits per heavy atom. The number of hydrogen-bond donors (Lipinski definition) is 1. The maximum atomic E-state index is 13.2. The summed E-state index contributed by atoms with van der Waals surface area (Å²) in [6.45, 7) is 8.72. The molecule has 2 aromatic rings. The second kappa shape index (κ2) is 12.6. The van der Waals surface area contributed by atoms with Crippen LogP contribution in [0, 0.1) is 12.8 Å². The highest BCUT2D eigenvalue weighted by atomic mass is 32.2. The van der Waals surface area contributed by atoms with E-state index in [1.807, 2.05) is 63.2 Å². The Labute approximate surface area is 204 Å². The number of nitrogens with zero attached hydrogens (tertiary/aromatic N) is 2. The van der Waals surface area contributed by atoms with Crippen LogP contribution in [0.15, 0.2) is 54.6 Å². The maximum absolute atomic E-state index is 13.2. The predicted octanol–water partition coefficient (Wildman–Crippen LogP) is 3.73. The fourth-order valence-electron chi connectivity index (χ4n) is 3.53. The molecule has 0 saturated heterocycles. The minimum Gasteiger partial charge on any atom is -0.354 e.